The van der Waals surface area contributed by atoms with Crippen LogP contribution in [0.1, 0.15) is 21.5 Å². The molecule has 2 rings (SSSR count). The highest BCUT2D eigenvalue weighted by Gasteiger charge is 2.26. The van der Waals surface area contributed by atoms with Gasteiger partial charge in [0.25, 0.3) is 0 Å². The molecule has 0 aromatic heterocycles. The van der Waals surface area contributed by atoms with Gasteiger partial charge in [-0.2, -0.15) is 13.7 Å². The van der Waals surface area contributed by atoms with Crippen LogP contribution in [0, 0.1) is 11.3 Å². The number of hydrogen-bond donors (Lipinski definition) is 0. The number of aryl methyl sites for hydroxylation is 1. The van der Waals surface area contributed by atoms with E-state index in [0.717, 1.165) is 11.1 Å². The molecule has 0 amide bonds. The van der Waals surface area contributed by atoms with Crippen LogP contribution in [0.25, 0.3) is 0 Å². The Bertz CT molecular complexity index is 988. The highest BCUT2D eigenvalue weighted by molar-refractivity contribution is 9.12. The Morgan fingerprint density at radius 3 is 2.57 bits per heavy atom. The van der Waals surface area contributed by atoms with Crippen LogP contribution in [0.15, 0.2) is 48.5 Å². The van der Waals surface area contributed by atoms with Crippen molar-refractivity contribution in [1.82, 2.24) is 0 Å². The molecule has 2 unspecified atom stereocenters. The molecule has 2 aromatic carbocycles. The van der Waals surface area contributed by atoms with Gasteiger partial charge >= 0.3 is 16.1 Å². The van der Waals surface area contributed by atoms with Gasteiger partial charge in [-0.15, -0.1) is 0 Å². The average Bonchev–Trinajstić information content (AvgIpc) is 2.71. The zero-order chi connectivity index (χ0) is 20.7. The third-order valence-electron chi connectivity index (χ3n) is 3.82. The van der Waals surface area contributed by atoms with E-state index in [0.29, 0.717) is 0 Å². The maximum absolute atomic E-state index is 12.3. The van der Waals surface area contributed by atoms with Crippen molar-refractivity contribution < 1.29 is 22.1 Å². The molecule has 2 atom stereocenters. The van der Waals surface area contributed by atoms with Gasteiger partial charge in [-0.1, -0.05) is 68.3 Å². The normalized spacial score (nSPS) is 13.2. The zero-order valence-corrected chi connectivity index (χ0v) is 18.8. The second-order valence-electron chi connectivity index (χ2n) is 5.77. The number of nitrogens with zero attached hydrogens (tertiary/aromatic N) is 1. The number of para-hydroxylation sites is 1. The lowest BCUT2D eigenvalue weighted by atomic mass is 10.0. The summed E-state index contributed by atoms with van der Waals surface area (Å²) < 4.78 is 34.4. The molecule has 0 spiro atoms. The molecule has 9 heteroatoms. The second kappa shape index (κ2) is 10.0. The third kappa shape index (κ3) is 6.06. The van der Waals surface area contributed by atoms with Crippen molar-refractivity contribution in [1.29, 1.82) is 5.26 Å². The smallest absolute Gasteiger partial charge is 0.320 e. The predicted molar refractivity (Wildman–Crippen MR) is 112 cm³/mol. The highest BCUT2D eigenvalue weighted by Crippen LogP contribution is 2.32. The summed E-state index contributed by atoms with van der Waals surface area (Å²) >= 11 is 6.74. The van der Waals surface area contributed by atoms with Crippen LogP contribution in [0.5, 0.6) is 5.75 Å². The minimum atomic E-state index is -3.88. The van der Waals surface area contributed by atoms with Gasteiger partial charge in [0, 0.05) is 0 Å². The molecule has 0 bridgehead atoms. The van der Waals surface area contributed by atoms with Crippen molar-refractivity contribution in [3.8, 4) is 11.8 Å². The summed E-state index contributed by atoms with van der Waals surface area (Å²) in [6.07, 6.45) is 0.218. The lowest BCUT2D eigenvalue weighted by molar-refractivity contribution is -0.139. The van der Waals surface area contributed by atoms with E-state index < -0.39 is 20.9 Å². The molecule has 6 nitrogen and oxygen atoms in total. The SMILES string of the molecule is COC(=O)C(Br)C(Br)c1cccc(CCS(=O)(=O)Oc2ccccc2C#N)c1. The molecule has 0 saturated carbocycles. The predicted octanol–water partition coefficient (Wildman–Crippen LogP) is 3.88. The van der Waals surface area contributed by atoms with Gasteiger partial charge in [0.05, 0.1) is 23.3 Å². The molecule has 0 heterocycles. The number of hydrogen-bond acceptors (Lipinski definition) is 6. The molecule has 0 aliphatic rings. The van der Waals surface area contributed by atoms with E-state index in [1.54, 1.807) is 24.3 Å². The summed E-state index contributed by atoms with van der Waals surface area (Å²) in [6.45, 7) is 0. The molecule has 2 aromatic rings. The second-order valence-corrected chi connectivity index (χ2v) is 9.44. The molecule has 0 aliphatic heterocycles. The average molecular weight is 531 g/mol. The molecular weight excluding hydrogens is 514 g/mol. The Labute approximate surface area is 180 Å². The van der Waals surface area contributed by atoms with E-state index in [9.17, 15) is 13.2 Å². The Kier molecular flexibility index (Phi) is 8.04. The van der Waals surface area contributed by atoms with E-state index >= 15 is 0 Å². The number of esters is 1. The van der Waals surface area contributed by atoms with Gasteiger partial charge in [-0.3, -0.25) is 4.79 Å². The molecule has 0 aliphatic carbocycles. The number of carbonyl (C=O) groups is 1. The molecule has 148 valence electrons. The third-order valence-corrected chi connectivity index (χ3v) is 7.62. The lowest BCUT2D eigenvalue weighted by Gasteiger charge is -2.16. The van der Waals surface area contributed by atoms with Gasteiger partial charge < -0.3 is 8.92 Å². The van der Waals surface area contributed by atoms with E-state index in [4.69, 9.17) is 14.2 Å². The van der Waals surface area contributed by atoms with Gasteiger partial charge in [0.1, 0.15) is 10.9 Å². The van der Waals surface area contributed by atoms with Gasteiger partial charge in [0.15, 0.2) is 5.75 Å². The van der Waals surface area contributed by atoms with Crippen LogP contribution in [0.2, 0.25) is 0 Å². The van der Waals surface area contributed by atoms with E-state index in [2.05, 4.69) is 31.9 Å². The minimum Gasteiger partial charge on any atom is -0.468 e. The Morgan fingerprint density at radius 2 is 1.89 bits per heavy atom. The van der Waals surface area contributed by atoms with Crippen LogP contribution in [-0.4, -0.2) is 32.1 Å². The standard InChI is InChI=1S/C19H17Br2NO5S/c1-26-19(23)18(21)17(20)14-7-4-5-13(11-14)9-10-28(24,25)27-16-8-3-2-6-15(16)12-22/h2-8,11,17-18H,9-10H2,1H3. The summed E-state index contributed by atoms with van der Waals surface area (Å²) in [4.78, 5) is 10.8. The van der Waals surface area contributed by atoms with Crippen molar-refractivity contribution in [2.45, 2.75) is 16.1 Å². The topological polar surface area (TPSA) is 93.5 Å². The Hall–Kier alpha value is -1.89. The highest BCUT2D eigenvalue weighted by atomic mass is 79.9. The van der Waals surface area contributed by atoms with E-state index in [-0.39, 0.29) is 28.3 Å². The number of rotatable bonds is 8. The van der Waals surface area contributed by atoms with Gasteiger partial charge in [0.2, 0.25) is 0 Å². The first-order chi connectivity index (χ1) is 13.3. The summed E-state index contributed by atoms with van der Waals surface area (Å²) in [5.41, 5.74) is 1.73. The van der Waals surface area contributed by atoms with Crippen LogP contribution < -0.4 is 4.18 Å². The number of alkyl halides is 2. The van der Waals surface area contributed by atoms with Crippen molar-refractivity contribution >= 4 is 47.9 Å². The van der Waals surface area contributed by atoms with Crippen molar-refractivity contribution in [3.05, 3.63) is 65.2 Å². The summed E-state index contributed by atoms with van der Waals surface area (Å²) in [5.74, 6) is -0.656. The summed E-state index contributed by atoms with van der Waals surface area (Å²) in [7, 11) is -2.57. The largest absolute Gasteiger partial charge is 0.468 e. The fourth-order valence-corrected chi connectivity index (χ4v) is 4.35. The molecule has 0 N–H and O–H groups in total. The Morgan fingerprint density at radius 1 is 1.18 bits per heavy atom. The van der Waals surface area contributed by atoms with Crippen LogP contribution in [0.4, 0.5) is 0 Å². The number of carbonyl (C=O) groups excluding carboxylic acids is 1. The maximum Gasteiger partial charge on any atom is 0.320 e. The molecule has 0 fully saturated rings. The zero-order valence-electron chi connectivity index (χ0n) is 14.8. The number of benzene rings is 2. The van der Waals surface area contributed by atoms with Crippen molar-refractivity contribution in [2.24, 2.45) is 0 Å². The molecular formula is C19H17Br2NO5S. The molecule has 0 radical (unpaired) electrons. The monoisotopic (exact) mass is 529 g/mol. The molecule has 0 saturated heterocycles. The quantitative estimate of drug-likeness (QED) is 0.292. The first-order valence-corrected chi connectivity index (χ1v) is 11.5. The number of ether oxygens (including phenoxy) is 1. The fourth-order valence-electron chi connectivity index (χ4n) is 2.37. The fraction of sp³-hybridized carbons (Fsp3) is 0.263. The van der Waals surface area contributed by atoms with E-state index in [1.807, 2.05) is 18.2 Å². The first-order valence-electron chi connectivity index (χ1n) is 8.13. The number of nitriles is 1. The summed E-state index contributed by atoms with van der Waals surface area (Å²) in [5, 5.41) is 9.04. The number of methoxy groups -OCH3 is 1. The number of halogens is 2. The lowest BCUT2D eigenvalue weighted by Crippen LogP contribution is -2.20. The van der Waals surface area contributed by atoms with Gasteiger partial charge in [-0.25, -0.2) is 0 Å². The first kappa shape index (κ1) is 22.4. The maximum atomic E-state index is 12.3. The van der Waals surface area contributed by atoms with Crippen molar-refractivity contribution in [2.75, 3.05) is 12.9 Å². The molecule has 28 heavy (non-hydrogen) atoms. The van der Waals surface area contributed by atoms with Crippen LogP contribution in [-0.2, 0) is 26.1 Å². The van der Waals surface area contributed by atoms with E-state index in [1.165, 1.54) is 19.2 Å². The minimum absolute atomic E-state index is 0.0134. The Balaban J connectivity index is 2.08. The van der Waals surface area contributed by atoms with Crippen LogP contribution >= 0.6 is 31.9 Å². The van der Waals surface area contributed by atoms with Crippen molar-refractivity contribution in [3.63, 3.8) is 0 Å². The summed E-state index contributed by atoms with van der Waals surface area (Å²) in [6, 6.07) is 15.3. The van der Waals surface area contributed by atoms with Gasteiger partial charge in [-0.05, 0) is 29.7 Å². The van der Waals surface area contributed by atoms with Crippen LogP contribution in [0.3, 0.4) is 0 Å².